The molecule has 0 unspecified atom stereocenters. The van der Waals surface area contributed by atoms with E-state index in [1.54, 1.807) is 26.4 Å². The maximum Gasteiger partial charge on any atom is 0.270 e. The Kier molecular flexibility index (Phi) is 6.29. The predicted octanol–water partition coefficient (Wildman–Crippen LogP) is 3.78. The normalized spacial score (nSPS) is 10.3. The molecule has 3 rings (SSSR count). The van der Waals surface area contributed by atoms with Crippen molar-refractivity contribution in [2.75, 3.05) is 19.5 Å². The van der Waals surface area contributed by atoms with Gasteiger partial charge in [0.15, 0.2) is 11.5 Å². The van der Waals surface area contributed by atoms with Crippen LogP contribution >= 0.6 is 0 Å². The molecule has 0 atom stereocenters. The van der Waals surface area contributed by atoms with Crippen LogP contribution in [0, 0.1) is 13.8 Å². The molecule has 0 aliphatic rings. The second kappa shape index (κ2) is 9.05. The maximum absolute atomic E-state index is 12.6. The summed E-state index contributed by atoms with van der Waals surface area (Å²) >= 11 is 0. The van der Waals surface area contributed by atoms with E-state index >= 15 is 0 Å². The zero-order valence-electron chi connectivity index (χ0n) is 16.9. The van der Waals surface area contributed by atoms with Crippen molar-refractivity contribution in [2.45, 2.75) is 20.4 Å². The molecule has 0 bridgehead atoms. The smallest absolute Gasteiger partial charge is 0.270 e. The van der Waals surface area contributed by atoms with E-state index in [0.717, 1.165) is 16.8 Å². The summed E-state index contributed by atoms with van der Waals surface area (Å²) < 4.78 is 10.5. The van der Waals surface area contributed by atoms with Gasteiger partial charge in [0.2, 0.25) is 5.95 Å². The number of hydrogen-bond donors (Lipinski definition) is 2. The van der Waals surface area contributed by atoms with E-state index in [1.807, 2.05) is 50.2 Å². The molecule has 0 aliphatic carbocycles. The van der Waals surface area contributed by atoms with Gasteiger partial charge in [-0.15, -0.1) is 0 Å². The van der Waals surface area contributed by atoms with Crippen LogP contribution in [0.2, 0.25) is 0 Å². The van der Waals surface area contributed by atoms with Gasteiger partial charge in [-0.1, -0.05) is 23.8 Å². The fourth-order valence-corrected chi connectivity index (χ4v) is 2.77. The molecule has 0 aliphatic heterocycles. The molecule has 0 spiro atoms. The van der Waals surface area contributed by atoms with Crippen molar-refractivity contribution in [3.05, 3.63) is 71.0 Å². The van der Waals surface area contributed by atoms with Gasteiger partial charge in [0.05, 0.1) is 14.2 Å². The summed E-state index contributed by atoms with van der Waals surface area (Å²) in [6.45, 7) is 4.18. The molecule has 29 heavy (non-hydrogen) atoms. The first-order valence-corrected chi connectivity index (χ1v) is 9.17. The van der Waals surface area contributed by atoms with E-state index < -0.39 is 0 Å². The van der Waals surface area contributed by atoms with E-state index in [2.05, 4.69) is 20.6 Å². The number of carbonyl (C=O) groups excluding carboxylic acids is 1. The minimum absolute atomic E-state index is 0.280. The highest BCUT2D eigenvalue weighted by molar-refractivity contribution is 5.92. The van der Waals surface area contributed by atoms with Crippen molar-refractivity contribution < 1.29 is 14.3 Å². The van der Waals surface area contributed by atoms with Gasteiger partial charge in [-0.25, -0.2) is 9.97 Å². The van der Waals surface area contributed by atoms with Crippen molar-refractivity contribution in [3.8, 4) is 11.5 Å². The van der Waals surface area contributed by atoms with Crippen molar-refractivity contribution in [3.63, 3.8) is 0 Å². The molecule has 7 nitrogen and oxygen atoms in total. The summed E-state index contributed by atoms with van der Waals surface area (Å²) in [6.07, 6.45) is 0. The van der Waals surface area contributed by atoms with Crippen molar-refractivity contribution >= 4 is 17.5 Å². The van der Waals surface area contributed by atoms with Crippen LogP contribution in [-0.2, 0) is 6.54 Å². The lowest BCUT2D eigenvalue weighted by Gasteiger charge is -2.11. The minimum Gasteiger partial charge on any atom is -0.493 e. The SMILES string of the molecule is COc1ccc(CNC(=O)c2cc(C)nc(Nc3ccc(C)cc3)n2)cc1OC. The lowest BCUT2D eigenvalue weighted by molar-refractivity contribution is 0.0945. The Morgan fingerprint density at radius 3 is 2.34 bits per heavy atom. The van der Waals surface area contributed by atoms with Gasteiger partial charge in [0.1, 0.15) is 5.69 Å². The molecule has 1 amide bonds. The van der Waals surface area contributed by atoms with Crippen LogP contribution < -0.4 is 20.1 Å². The molecule has 0 fully saturated rings. The number of ether oxygens (including phenoxy) is 2. The maximum atomic E-state index is 12.6. The molecule has 7 heteroatoms. The van der Waals surface area contributed by atoms with Crippen LogP contribution in [-0.4, -0.2) is 30.1 Å². The first kappa shape index (κ1) is 20.1. The average Bonchev–Trinajstić information content (AvgIpc) is 2.73. The highest BCUT2D eigenvalue weighted by Crippen LogP contribution is 2.27. The van der Waals surface area contributed by atoms with E-state index in [-0.39, 0.29) is 5.91 Å². The third-order valence-corrected chi connectivity index (χ3v) is 4.30. The fraction of sp³-hybridized carbons (Fsp3) is 0.227. The molecular formula is C22H24N4O3. The van der Waals surface area contributed by atoms with E-state index in [9.17, 15) is 4.79 Å². The monoisotopic (exact) mass is 392 g/mol. The number of carbonyl (C=O) groups is 1. The summed E-state index contributed by atoms with van der Waals surface area (Å²) in [4.78, 5) is 21.3. The number of amides is 1. The third kappa shape index (κ3) is 5.22. The summed E-state index contributed by atoms with van der Waals surface area (Å²) in [6, 6.07) is 15.0. The number of aryl methyl sites for hydroxylation is 2. The molecule has 1 aromatic heterocycles. The van der Waals surface area contributed by atoms with Crippen LogP contribution in [0.4, 0.5) is 11.6 Å². The van der Waals surface area contributed by atoms with Crippen LogP contribution in [0.15, 0.2) is 48.5 Å². The second-order valence-corrected chi connectivity index (χ2v) is 6.58. The molecule has 0 saturated carbocycles. The number of nitrogens with zero attached hydrogens (tertiary/aromatic N) is 2. The van der Waals surface area contributed by atoms with Gasteiger partial charge in [0, 0.05) is 17.9 Å². The molecule has 0 radical (unpaired) electrons. The number of anilines is 2. The highest BCUT2D eigenvalue weighted by Gasteiger charge is 2.12. The molecule has 2 aromatic carbocycles. The first-order valence-electron chi connectivity index (χ1n) is 9.17. The Balaban J connectivity index is 1.70. The Labute approximate surface area is 170 Å². The number of nitrogens with one attached hydrogen (secondary N) is 2. The molecule has 3 aromatic rings. The van der Waals surface area contributed by atoms with E-state index in [4.69, 9.17) is 9.47 Å². The molecule has 150 valence electrons. The van der Waals surface area contributed by atoms with Gasteiger partial charge < -0.3 is 20.1 Å². The van der Waals surface area contributed by atoms with Gasteiger partial charge in [0.25, 0.3) is 5.91 Å². The first-order chi connectivity index (χ1) is 14.0. The van der Waals surface area contributed by atoms with Crippen LogP contribution in [0.1, 0.15) is 27.3 Å². The van der Waals surface area contributed by atoms with Crippen LogP contribution in [0.3, 0.4) is 0 Å². The summed E-state index contributed by atoms with van der Waals surface area (Å²) in [5, 5.41) is 6.01. The number of methoxy groups -OCH3 is 2. The minimum atomic E-state index is -0.280. The Morgan fingerprint density at radius 2 is 1.66 bits per heavy atom. The summed E-state index contributed by atoms with van der Waals surface area (Å²) in [5.74, 6) is 1.35. The fourth-order valence-electron chi connectivity index (χ4n) is 2.77. The zero-order valence-corrected chi connectivity index (χ0v) is 16.9. The zero-order chi connectivity index (χ0) is 20.8. The number of benzene rings is 2. The molecule has 2 N–H and O–H groups in total. The van der Waals surface area contributed by atoms with Crippen molar-refractivity contribution in [1.82, 2.24) is 15.3 Å². The summed E-state index contributed by atoms with van der Waals surface area (Å²) in [7, 11) is 3.16. The lowest BCUT2D eigenvalue weighted by Crippen LogP contribution is -2.24. The topological polar surface area (TPSA) is 85.4 Å². The Bertz CT molecular complexity index is 1000. The van der Waals surface area contributed by atoms with Gasteiger partial charge in [-0.2, -0.15) is 0 Å². The van der Waals surface area contributed by atoms with Gasteiger partial charge in [-0.3, -0.25) is 4.79 Å². The lowest BCUT2D eigenvalue weighted by atomic mass is 10.2. The standard InChI is InChI=1S/C22H24N4O3/c1-14-5-8-17(9-6-14)25-22-24-15(2)11-18(26-22)21(27)23-13-16-7-10-19(28-3)20(12-16)29-4/h5-12H,13H2,1-4H3,(H,23,27)(H,24,25,26). The Hall–Kier alpha value is -3.61. The van der Waals surface area contributed by atoms with Gasteiger partial charge in [-0.05, 0) is 49.7 Å². The largest absolute Gasteiger partial charge is 0.493 e. The molecular weight excluding hydrogens is 368 g/mol. The average molecular weight is 392 g/mol. The van der Waals surface area contributed by atoms with Crippen LogP contribution in [0.5, 0.6) is 11.5 Å². The Morgan fingerprint density at radius 1 is 0.931 bits per heavy atom. The number of aromatic nitrogens is 2. The van der Waals surface area contributed by atoms with Crippen molar-refractivity contribution in [2.24, 2.45) is 0 Å². The highest BCUT2D eigenvalue weighted by atomic mass is 16.5. The van der Waals surface area contributed by atoms with E-state index in [1.165, 1.54) is 0 Å². The predicted molar refractivity (Wildman–Crippen MR) is 112 cm³/mol. The van der Waals surface area contributed by atoms with E-state index in [0.29, 0.717) is 35.4 Å². The second-order valence-electron chi connectivity index (χ2n) is 6.58. The van der Waals surface area contributed by atoms with Crippen LogP contribution in [0.25, 0.3) is 0 Å². The molecule has 0 saturated heterocycles. The molecule has 1 heterocycles. The number of rotatable bonds is 7. The number of hydrogen-bond acceptors (Lipinski definition) is 6. The summed E-state index contributed by atoms with van der Waals surface area (Å²) in [5.41, 5.74) is 3.91. The quantitative estimate of drug-likeness (QED) is 0.636. The van der Waals surface area contributed by atoms with Crippen molar-refractivity contribution in [1.29, 1.82) is 0 Å². The van der Waals surface area contributed by atoms with Gasteiger partial charge >= 0.3 is 0 Å². The third-order valence-electron chi connectivity index (χ3n) is 4.30.